The summed E-state index contributed by atoms with van der Waals surface area (Å²) in [6, 6.07) is 0.313. The highest BCUT2D eigenvalue weighted by molar-refractivity contribution is 5.35. The standard InChI is InChI=1S/C13H21N7O/c1-4-6-15-11-17-12(19-13(18-11)21-5-2)16-9-10-14-7-8-20(10)3/h7-8H,4-6,9H2,1-3H3,(H2,15,16,17,18,19). The minimum atomic E-state index is 0.313. The Morgan fingerprint density at radius 3 is 2.52 bits per heavy atom. The average Bonchev–Trinajstić information content (AvgIpc) is 2.88. The highest BCUT2D eigenvalue weighted by atomic mass is 16.5. The van der Waals surface area contributed by atoms with Gasteiger partial charge in [-0.25, -0.2) is 4.98 Å². The number of aryl methyl sites for hydroxylation is 1. The molecular weight excluding hydrogens is 270 g/mol. The largest absolute Gasteiger partial charge is 0.464 e. The number of hydrogen-bond acceptors (Lipinski definition) is 7. The number of nitrogens with one attached hydrogen (secondary N) is 2. The summed E-state index contributed by atoms with van der Waals surface area (Å²) in [4.78, 5) is 17.0. The molecular formula is C13H21N7O. The average molecular weight is 291 g/mol. The van der Waals surface area contributed by atoms with Crippen LogP contribution in [0, 0.1) is 0 Å². The van der Waals surface area contributed by atoms with Crippen LogP contribution in [0.2, 0.25) is 0 Å². The molecule has 21 heavy (non-hydrogen) atoms. The monoisotopic (exact) mass is 291 g/mol. The molecule has 2 aromatic heterocycles. The molecule has 0 aromatic carbocycles. The summed E-state index contributed by atoms with van der Waals surface area (Å²) >= 11 is 0. The van der Waals surface area contributed by atoms with Crippen molar-refractivity contribution in [1.29, 1.82) is 0 Å². The Morgan fingerprint density at radius 1 is 1.14 bits per heavy atom. The second kappa shape index (κ2) is 7.41. The number of ether oxygens (including phenoxy) is 1. The van der Waals surface area contributed by atoms with Gasteiger partial charge in [0.25, 0.3) is 0 Å². The van der Waals surface area contributed by atoms with Gasteiger partial charge in [-0.3, -0.25) is 0 Å². The van der Waals surface area contributed by atoms with E-state index >= 15 is 0 Å². The minimum Gasteiger partial charge on any atom is -0.464 e. The van der Waals surface area contributed by atoms with Crippen molar-refractivity contribution < 1.29 is 4.74 Å². The van der Waals surface area contributed by atoms with Crippen LogP contribution in [0.3, 0.4) is 0 Å². The first kappa shape index (κ1) is 15.0. The van der Waals surface area contributed by atoms with Crippen LogP contribution in [0.4, 0.5) is 11.9 Å². The highest BCUT2D eigenvalue weighted by Gasteiger charge is 2.08. The van der Waals surface area contributed by atoms with Gasteiger partial charge in [0, 0.05) is 26.0 Å². The summed E-state index contributed by atoms with van der Waals surface area (Å²) in [6.07, 6.45) is 4.64. The Morgan fingerprint density at radius 2 is 1.90 bits per heavy atom. The van der Waals surface area contributed by atoms with E-state index in [-0.39, 0.29) is 0 Å². The maximum absolute atomic E-state index is 5.36. The Labute approximate surface area is 124 Å². The topological polar surface area (TPSA) is 89.8 Å². The van der Waals surface area contributed by atoms with Crippen LogP contribution < -0.4 is 15.4 Å². The van der Waals surface area contributed by atoms with Crippen LogP contribution in [-0.4, -0.2) is 37.7 Å². The maximum atomic E-state index is 5.36. The molecule has 0 spiro atoms. The van der Waals surface area contributed by atoms with E-state index in [2.05, 4.69) is 37.5 Å². The number of nitrogens with zero attached hydrogens (tertiary/aromatic N) is 5. The van der Waals surface area contributed by atoms with Gasteiger partial charge in [0.1, 0.15) is 5.82 Å². The lowest BCUT2D eigenvalue weighted by atomic mass is 10.5. The van der Waals surface area contributed by atoms with Crippen LogP contribution in [0.15, 0.2) is 12.4 Å². The SMILES string of the molecule is CCCNc1nc(NCc2nccn2C)nc(OCC)n1. The predicted molar refractivity (Wildman–Crippen MR) is 80.3 cm³/mol. The summed E-state index contributed by atoms with van der Waals surface area (Å²) in [5.74, 6) is 1.88. The fourth-order valence-electron chi connectivity index (χ4n) is 1.67. The molecule has 0 fully saturated rings. The zero-order valence-corrected chi connectivity index (χ0v) is 12.6. The van der Waals surface area contributed by atoms with Crippen molar-refractivity contribution in [2.45, 2.75) is 26.8 Å². The quantitative estimate of drug-likeness (QED) is 0.760. The number of imidazole rings is 1. The number of hydrogen-bond donors (Lipinski definition) is 2. The molecule has 2 heterocycles. The van der Waals surface area contributed by atoms with Crippen LogP contribution in [-0.2, 0) is 13.6 Å². The van der Waals surface area contributed by atoms with Gasteiger partial charge in [0.2, 0.25) is 11.9 Å². The molecule has 8 heteroatoms. The van der Waals surface area contributed by atoms with Gasteiger partial charge in [0.05, 0.1) is 13.2 Å². The summed E-state index contributed by atoms with van der Waals surface area (Å²) < 4.78 is 7.30. The number of anilines is 2. The first-order chi connectivity index (χ1) is 10.2. The Kier molecular flexibility index (Phi) is 5.30. The third kappa shape index (κ3) is 4.30. The molecule has 2 rings (SSSR count). The predicted octanol–water partition coefficient (Wildman–Crippen LogP) is 1.44. The molecule has 114 valence electrons. The van der Waals surface area contributed by atoms with Gasteiger partial charge in [-0.15, -0.1) is 0 Å². The molecule has 0 aliphatic heterocycles. The van der Waals surface area contributed by atoms with E-state index < -0.39 is 0 Å². The lowest BCUT2D eigenvalue weighted by Gasteiger charge is -2.09. The van der Waals surface area contributed by atoms with Crippen molar-refractivity contribution in [2.75, 3.05) is 23.8 Å². The molecule has 0 saturated heterocycles. The molecule has 0 amide bonds. The third-order valence-corrected chi connectivity index (χ3v) is 2.75. The second-order valence-electron chi connectivity index (χ2n) is 4.43. The zero-order chi connectivity index (χ0) is 15.1. The third-order valence-electron chi connectivity index (χ3n) is 2.75. The van der Waals surface area contributed by atoms with Gasteiger partial charge in [-0.2, -0.15) is 15.0 Å². The van der Waals surface area contributed by atoms with E-state index in [1.165, 1.54) is 0 Å². The molecule has 0 saturated carbocycles. The van der Waals surface area contributed by atoms with Crippen molar-refractivity contribution in [3.8, 4) is 6.01 Å². The first-order valence-corrected chi connectivity index (χ1v) is 7.05. The van der Waals surface area contributed by atoms with Gasteiger partial charge < -0.3 is 19.9 Å². The van der Waals surface area contributed by atoms with Crippen molar-refractivity contribution in [2.24, 2.45) is 7.05 Å². The van der Waals surface area contributed by atoms with Crippen LogP contribution in [0.1, 0.15) is 26.1 Å². The first-order valence-electron chi connectivity index (χ1n) is 7.05. The molecule has 0 radical (unpaired) electrons. The molecule has 0 aliphatic carbocycles. The smallest absolute Gasteiger partial charge is 0.323 e. The van der Waals surface area contributed by atoms with E-state index in [1.54, 1.807) is 6.20 Å². The zero-order valence-electron chi connectivity index (χ0n) is 12.6. The Bertz CT molecular complexity index is 569. The van der Waals surface area contributed by atoms with E-state index in [9.17, 15) is 0 Å². The molecule has 0 bridgehead atoms. The van der Waals surface area contributed by atoms with Gasteiger partial charge >= 0.3 is 6.01 Å². The summed E-state index contributed by atoms with van der Waals surface area (Å²) in [5, 5.41) is 6.27. The van der Waals surface area contributed by atoms with E-state index in [1.807, 2.05) is 24.7 Å². The molecule has 2 N–H and O–H groups in total. The van der Waals surface area contributed by atoms with E-state index in [0.29, 0.717) is 31.1 Å². The van der Waals surface area contributed by atoms with Crippen LogP contribution in [0.5, 0.6) is 6.01 Å². The molecule has 0 atom stereocenters. The lowest BCUT2D eigenvalue weighted by molar-refractivity contribution is 0.312. The van der Waals surface area contributed by atoms with Crippen molar-refractivity contribution in [3.05, 3.63) is 18.2 Å². The van der Waals surface area contributed by atoms with Gasteiger partial charge in [0.15, 0.2) is 0 Å². The van der Waals surface area contributed by atoms with E-state index in [4.69, 9.17) is 4.74 Å². The minimum absolute atomic E-state index is 0.313. The molecule has 0 unspecified atom stereocenters. The molecule has 2 aromatic rings. The van der Waals surface area contributed by atoms with Crippen molar-refractivity contribution in [1.82, 2.24) is 24.5 Å². The lowest BCUT2D eigenvalue weighted by Crippen LogP contribution is -2.12. The second-order valence-corrected chi connectivity index (χ2v) is 4.43. The number of rotatable bonds is 8. The van der Waals surface area contributed by atoms with Gasteiger partial charge in [-0.1, -0.05) is 6.92 Å². The maximum Gasteiger partial charge on any atom is 0.323 e. The summed E-state index contributed by atoms with van der Waals surface area (Å²) in [7, 11) is 1.94. The van der Waals surface area contributed by atoms with Crippen molar-refractivity contribution in [3.63, 3.8) is 0 Å². The van der Waals surface area contributed by atoms with Crippen LogP contribution >= 0.6 is 0 Å². The normalized spacial score (nSPS) is 10.4. The van der Waals surface area contributed by atoms with Crippen molar-refractivity contribution >= 4 is 11.9 Å². The van der Waals surface area contributed by atoms with Crippen LogP contribution in [0.25, 0.3) is 0 Å². The fraction of sp³-hybridized carbons (Fsp3) is 0.538. The molecule has 0 aliphatic rings. The van der Waals surface area contributed by atoms with Gasteiger partial charge in [-0.05, 0) is 13.3 Å². The number of aromatic nitrogens is 5. The highest BCUT2D eigenvalue weighted by Crippen LogP contribution is 2.12. The fourth-order valence-corrected chi connectivity index (χ4v) is 1.67. The van der Waals surface area contributed by atoms with E-state index in [0.717, 1.165) is 18.8 Å². The Balaban J connectivity index is 2.09. The molecule has 8 nitrogen and oxygen atoms in total. The summed E-state index contributed by atoms with van der Waals surface area (Å²) in [5.41, 5.74) is 0. The Hall–Kier alpha value is -2.38. The summed E-state index contributed by atoms with van der Waals surface area (Å²) in [6.45, 7) is 5.82.